The molecule has 3 aromatic rings. The van der Waals surface area contributed by atoms with Gasteiger partial charge in [-0.15, -0.1) is 0 Å². The summed E-state index contributed by atoms with van der Waals surface area (Å²) in [6.45, 7) is 5.71. The molecular formula is C26H26N4OS. The van der Waals surface area contributed by atoms with Gasteiger partial charge in [-0.2, -0.15) is 5.26 Å². The molecule has 1 aliphatic rings. The fraction of sp³-hybridized carbons (Fsp3) is 0.269. The number of thioether (sulfide) groups is 1. The highest BCUT2D eigenvalue weighted by Gasteiger charge is 2.25. The number of hydrogen-bond donors (Lipinski definition) is 1. The first-order valence-corrected chi connectivity index (χ1v) is 11.6. The van der Waals surface area contributed by atoms with E-state index in [-0.39, 0.29) is 11.7 Å². The molecule has 1 N–H and O–H groups in total. The molecule has 0 saturated carbocycles. The molecule has 1 amide bonds. The average molecular weight is 443 g/mol. The number of nitrogens with one attached hydrogen (secondary N) is 1. The zero-order valence-corrected chi connectivity index (χ0v) is 19.4. The van der Waals surface area contributed by atoms with Crippen LogP contribution >= 0.6 is 11.8 Å². The van der Waals surface area contributed by atoms with Gasteiger partial charge in [-0.3, -0.25) is 4.79 Å². The number of nitrogens with zero attached hydrogens (tertiary/aromatic N) is 3. The van der Waals surface area contributed by atoms with Crippen molar-refractivity contribution in [3.05, 3.63) is 76.5 Å². The van der Waals surface area contributed by atoms with Gasteiger partial charge in [0.05, 0.1) is 11.3 Å². The van der Waals surface area contributed by atoms with Gasteiger partial charge in [0.15, 0.2) is 0 Å². The Morgan fingerprint density at radius 2 is 1.91 bits per heavy atom. The smallest absolute Gasteiger partial charge is 0.234 e. The Kier molecular flexibility index (Phi) is 6.59. The second-order valence-corrected chi connectivity index (χ2v) is 9.24. The maximum absolute atomic E-state index is 12.6. The van der Waals surface area contributed by atoms with Crippen LogP contribution in [-0.2, 0) is 17.8 Å². The third-order valence-electron chi connectivity index (χ3n) is 5.53. The Hall–Kier alpha value is -3.14. The number of anilines is 1. The highest BCUT2D eigenvalue weighted by Crippen LogP contribution is 2.37. The number of benzene rings is 2. The van der Waals surface area contributed by atoms with Crippen LogP contribution < -0.4 is 5.32 Å². The Morgan fingerprint density at radius 1 is 1.19 bits per heavy atom. The molecule has 0 radical (unpaired) electrons. The molecule has 0 unspecified atom stereocenters. The highest BCUT2D eigenvalue weighted by molar-refractivity contribution is 8.00. The van der Waals surface area contributed by atoms with E-state index in [9.17, 15) is 10.1 Å². The van der Waals surface area contributed by atoms with Crippen LogP contribution in [0.4, 0.5) is 5.69 Å². The van der Waals surface area contributed by atoms with E-state index in [1.54, 1.807) is 0 Å². The van der Waals surface area contributed by atoms with Gasteiger partial charge in [0.2, 0.25) is 5.91 Å². The first-order chi connectivity index (χ1) is 15.4. The second-order valence-electron chi connectivity index (χ2n) is 8.27. The van der Waals surface area contributed by atoms with Gasteiger partial charge >= 0.3 is 0 Å². The number of nitriles is 1. The number of rotatable bonds is 5. The van der Waals surface area contributed by atoms with Crippen molar-refractivity contribution in [1.82, 2.24) is 9.88 Å². The molecule has 0 bridgehead atoms. The van der Waals surface area contributed by atoms with Crippen LogP contribution in [0.1, 0.15) is 27.9 Å². The topological polar surface area (TPSA) is 69.0 Å². The Bertz CT molecular complexity index is 1180. The largest absolute Gasteiger partial charge is 0.325 e. The Labute approximate surface area is 193 Å². The van der Waals surface area contributed by atoms with Crippen molar-refractivity contribution in [2.75, 3.05) is 24.7 Å². The van der Waals surface area contributed by atoms with Crippen molar-refractivity contribution in [3.8, 4) is 17.2 Å². The maximum atomic E-state index is 12.6. The predicted molar refractivity (Wildman–Crippen MR) is 130 cm³/mol. The number of likely N-dealkylation sites (N-methyl/N-ethyl adjacent to an activating group) is 1. The van der Waals surface area contributed by atoms with Crippen molar-refractivity contribution in [3.63, 3.8) is 0 Å². The molecule has 0 saturated heterocycles. The van der Waals surface area contributed by atoms with E-state index in [0.717, 1.165) is 58.7 Å². The summed E-state index contributed by atoms with van der Waals surface area (Å²) in [6, 6.07) is 18.4. The molecule has 1 aromatic heterocycles. The number of aromatic nitrogens is 1. The van der Waals surface area contributed by atoms with E-state index in [4.69, 9.17) is 4.98 Å². The van der Waals surface area contributed by atoms with Crippen LogP contribution in [0.2, 0.25) is 0 Å². The van der Waals surface area contributed by atoms with Gasteiger partial charge in [0.1, 0.15) is 11.1 Å². The molecule has 2 heterocycles. The van der Waals surface area contributed by atoms with E-state index >= 15 is 0 Å². The number of fused-ring (bicyclic) bond motifs is 1. The van der Waals surface area contributed by atoms with Crippen LogP contribution in [0.15, 0.2) is 53.6 Å². The van der Waals surface area contributed by atoms with Gasteiger partial charge in [-0.05, 0) is 55.3 Å². The molecule has 0 fully saturated rings. The van der Waals surface area contributed by atoms with Gasteiger partial charge in [0.25, 0.3) is 0 Å². The quantitative estimate of drug-likeness (QED) is 0.566. The molecule has 1 aliphatic heterocycles. The lowest BCUT2D eigenvalue weighted by atomic mass is 9.92. The molecule has 32 heavy (non-hydrogen) atoms. The van der Waals surface area contributed by atoms with Crippen molar-refractivity contribution < 1.29 is 4.79 Å². The second kappa shape index (κ2) is 9.56. The van der Waals surface area contributed by atoms with E-state index in [2.05, 4.69) is 29.4 Å². The minimum Gasteiger partial charge on any atom is -0.325 e. The Balaban J connectivity index is 1.64. The monoisotopic (exact) mass is 442 g/mol. The minimum atomic E-state index is -0.107. The number of pyridine rings is 1. The number of carbonyl (C=O) groups is 1. The van der Waals surface area contributed by atoms with Crippen molar-refractivity contribution in [1.29, 1.82) is 5.26 Å². The van der Waals surface area contributed by atoms with Crippen LogP contribution in [0.25, 0.3) is 11.1 Å². The first kappa shape index (κ1) is 22.1. The zero-order valence-electron chi connectivity index (χ0n) is 18.6. The minimum absolute atomic E-state index is 0.107. The molecular weight excluding hydrogens is 416 g/mol. The molecule has 0 aliphatic carbocycles. The summed E-state index contributed by atoms with van der Waals surface area (Å²) in [4.78, 5) is 19.7. The van der Waals surface area contributed by atoms with E-state index in [1.807, 2.05) is 56.3 Å². The summed E-state index contributed by atoms with van der Waals surface area (Å²) < 4.78 is 0. The maximum Gasteiger partial charge on any atom is 0.234 e. The molecule has 162 valence electrons. The van der Waals surface area contributed by atoms with Gasteiger partial charge in [-0.1, -0.05) is 48.2 Å². The summed E-state index contributed by atoms with van der Waals surface area (Å²) in [5.74, 6) is 0.0890. The van der Waals surface area contributed by atoms with Gasteiger partial charge in [0, 0.05) is 36.5 Å². The van der Waals surface area contributed by atoms with Crippen molar-refractivity contribution in [2.45, 2.75) is 31.8 Å². The number of hydrogen-bond acceptors (Lipinski definition) is 5. The number of aryl methyl sites for hydroxylation is 2. The number of carbonyl (C=O) groups excluding carboxylic acids is 1. The van der Waals surface area contributed by atoms with Crippen LogP contribution in [0.3, 0.4) is 0 Å². The third kappa shape index (κ3) is 4.85. The first-order valence-electron chi connectivity index (χ1n) is 10.7. The summed E-state index contributed by atoms with van der Waals surface area (Å²) in [5.41, 5.74) is 7.65. The lowest BCUT2D eigenvalue weighted by molar-refractivity contribution is -0.113. The van der Waals surface area contributed by atoms with E-state index in [0.29, 0.717) is 10.6 Å². The fourth-order valence-electron chi connectivity index (χ4n) is 4.18. The molecule has 5 nitrogen and oxygen atoms in total. The van der Waals surface area contributed by atoms with Gasteiger partial charge < -0.3 is 10.2 Å². The lowest BCUT2D eigenvalue weighted by Crippen LogP contribution is -2.28. The normalized spacial score (nSPS) is 13.3. The highest BCUT2D eigenvalue weighted by atomic mass is 32.2. The van der Waals surface area contributed by atoms with Crippen LogP contribution in [-0.4, -0.2) is 35.1 Å². The predicted octanol–water partition coefficient (Wildman–Crippen LogP) is 4.96. The standard InChI is InChI=1S/C26H26N4OS/c1-17-11-18(2)13-20(12-17)28-24(31)16-32-26-21(14-27)25(19-7-5-4-6-8-19)22-15-30(3)10-9-23(22)29-26/h4-8,11-13H,9-10,15-16H2,1-3H3,(H,28,31). The molecule has 6 heteroatoms. The summed E-state index contributed by atoms with van der Waals surface area (Å²) in [7, 11) is 2.09. The van der Waals surface area contributed by atoms with Crippen molar-refractivity contribution in [2.24, 2.45) is 0 Å². The zero-order chi connectivity index (χ0) is 22.7. The number of amides is 1. The molecule has 0 atom stereocenters. The third-order valence-corrected chi connectivity index (χ3v) is 6.50. The Morgan fingerprint density at radius 3 is 2.59 bits per heavy atom. The summed E-state index contributed by atoms with van der Waals surface area (Å²) >= 11 is 1.33. The lowest BCUT2D eigenvalue weighted by Gasteiger charge is -2.28. The van der Waals surface area contributed by atoms with Gasteiger partial charge in [-0.25, -0.2) is 4.98 Å². The average Bonchev–Trinajstić information content (AvgIpc) is 2.76. The van der Waals surface area contributed by atoms with E-state index < -0.39 is 0 Å². The molecule has 4 rings (SSSR count). The SMILES string of the molecule is Cc1cc(C)cc(NC(=O)CSc2nc3c(c(-c4ccccc4)c2C#N)CN(C)CC3)c1. The summed E-state index contributed by atoms with van der Waals surface area (Å²) in [6.07, 6.45) is 0.833. The molecule has 0 spiro atoms. The van der Waals surface area contributed by atoms with E-state index in [1.165, 1.54) is 11.8 Å². The van der Waals surface area contributed by atoms with Crippen LogP contribution in [0.5, 0.6) is 0 Å². The molecule has 2 aromatic carbocycles. The van der Waals surface area contributed by atoms with Crippen molar-refractivity contribution >= 4 is 23.4 Å². The summed E-state index contributed by atoms with van der Waals surface area (Å²) in [5, 5.41) is 13.7. The fourth-order valence-corrected chi connectivity index (χ4v) is 4.99. The van der Waals surface area contributed by atoms with Crippen LogP contribution in [0, 0.1) is 25.2 Å².